The lowest BCUT2D eigenvalue weighted by Crippen LogP contribution is -2.33. The van der Waals surface area contributed by atoms with Crippen LogP contribution in [0, 0.1) is 17.8 Å². The van der Waals surface area contributed by atoms with E-state index >= 15 is 0 Å². The van der Waals surface area contributed by atoms with Gasteiger partial charge in [0.15, 0.2) is 18.1 Å². The minimum atomic E-state index is -0.264. The zero-order valence-electron chi connectivity index (χ0n) is 19.8. The molecule has 0 spiro atoms. The number of carbonyl (C=O) groups excluding carboxylic acids is 1. The number of halogens is 1. The largest absolute Gasteiger partial charge is 0.490 e. The summed E-state index contributed by atoms with van der Waals surface area (Å²) in [6.45, 7) is 2.28. The number of rotatable bonds is 7. The molecular weight excluding hydrogens is 516 g/mol. The van der Waals surface area contributed by atoms with E-state index in [-0.39, 0.29) is 23.3 Å². The molecule has 0 radical (unpaired) electrons. The van der Waals surface area contributed by atoms with Crippen LogP contribution < -0.4 is 19.7 Å². The smallest absolute Gasteiger partial charge is 0.305 e. The third-order valence-electron chi connectivity index (χ3n) is 7.58. The number of nitrogens with one attached hydrogen (secondary N) is 2. The molecule has 0 saturated heterocycles. The van der Waals surface area contributed by atoms with Crippen molar-refractivity contribution in [3.8, 4) is 11.5 Å². The summed E-state index contributed by atoms with van der Waals surface area (Å²) in [5.74, 6) is 3.02. The Kier molecular flexibility index (Phi) is 6.52. The molecule has 5 atom stereocenters. The topological polar surface area (TPSA) is 80.4 Å². The van der Waals surface area contributed by atoms with Crippen molar-refractivity contribution in [1.29, 1.82) is 0 Å². The molecule has 1 amide bonds. The molecule has 188 valence electrons. The average molecular weight is 543 g/mol. The molecule has 3 aliphatic rings. The number of aromatic nitrogens is 1. The average Bonchev–Trinajstić information content (AvgIpc) is 3.58. The Morgan fingerprint density at radius 3 is 2.72 bits per heavy atom. The molecule has 1 aromatic heterocycles. The molecule has 2 N–H and O–H groups in total. The second kappa shape index (κ2) is 9.80. The van der Waals surface area contributed by atoms with Crippen molar-refractivity contribution >= 4 is 46.3 Å². The normalized spacial score (nSPS) is 25.8. The molecule has 9 heteroatoms. The third-order valence-corrected chi connectivity index (χ3v) is 10.5. The van der Waals surface area contributed by atoms with Gasteiger partial charge in [-0.3, -0.25) is 9.59 Å². The first kappa shape index (κ1) is 23.9. The quantitative estimate of drug-likeness (QED) is 0.374. The number of H-pyrrole nitrogens is 1. The molecule has 2 saturated carbocycles. The van der Waals surface area contributed by atoms with Crippen LogP contribution in [0.2, 0.25) is 5.02 Å². The third kappa shape index (κ3) is 4.44. The fourth-order valence-corrected chi connectivity index (χ4v) is 9.22. The van der Waals surface area contributed by atoms with Gasteiger partial charge in [-0.2, -0.15) is 0 Å². The van der Waals surface area contributed by atoms with Crippen LogP contribution >= 0.6 is 34.7 Å². The predicted molar refractivity (Wildman–Crippen MR) is 144 cm³/mol. The minimum Gasteiger partial charge on any atom is -0.490 e. The van der Waals surface area contributed by atoms with Gasteiger partial charge in [0.05, 0.1) is 11.6 Å². The first-order valence-electron chi connectivity index (χ1n) is 12.3. The Balaban J connectivity index is 1.25. The van der Waals surface area contributed by atoms with Crippen molar-refractivity contribution in [3.63, 3.8) is 0 Å². The Morgan fingerprint density at radius 1 is 1.11 bits per heavy atom. The number of anilines is 1. The van der Waals surface area contributed by atoms with E-state index in [4.69, 9.17) is 21.1 Å². The van der Waals surface area contributed by atoms with Crippen molar-refractivity contribution < 1.29 is 14.3 Å². The van der Waals surface area contributed by atoms with Crippen LogP contribution in [0.3, 0.4) is 0 Å². The summed E-state index contributed by atoms with van der Waals surface area (Å²) >= 11 is 9.14. The van der Waals surface area contributed by atoms with E-state index in [0.29, 0.717) is 45.9 Å². The Hall–Kier alpha value is -2.42. The van der Waals surface area contributed by atoms with Gasteiger partial charge in [-0.05, 0) is 85.9 Å². The van der Waals surface area contributed by atoms with Gasteiger partial charge in [0.25, 0.3) is 5.91 Å². The van der Waals surface area contributed by atoms with Crippen molar-refractivity contribution in [1.82, 2.24) is 4.98 Å². The SMILES string of the molecule is CCOc1cc([C@H]2c3sc(=O)[nH]c3SC3C4CCC(C4)C32)ccc1OCC(=O)Nc1ccc(Cl)cc1. The summed E-state index contributed by atoms with van der Waals surface area (Å²) in [5, 5.41) is 5.01. The number of ether oxygens (including phenoxy) is 2. The Labute approximate surface area is 222 Å². The molecule has 3 aromatic rings. The summed E-state index contributed by atoms with van der Waals surface area (Å²) in [6.07, 6.45) is 3.87. The fraction of sp³-hybridized carbons (Fsp3) is 0.407. The van der Waals surface area contributed by atoms with Crippen molar-refractivity contribution in [3.05, 3.63) is 67.6 Å². The number of thiazole rings is 1. The van der Waals surface area contributed by atoms with Crippen molar-refractivity contribution in [2.45, 2.75) is 42.4 Å². The standard InChI is InChI=1S/C27H27ClN2O4S2/c1-2-33-20-12-15(5-10-19(20)34-13-21(31)29-18-8-6-17(28)7-9-18)23-22-14-3-4-16(11-14)24(22)35-26-25(23)36-27(32)30-26/h5-10,12,14,16,22-24H,2-4,11,13H2,1H3,(H,29,31)(H,30,32)/t14?,16?,22?,23-,24?/m1/s1. The van der Waals surface area contributed by atoms with Crippen molar-refractivity contribution in [2.75, 3.05) is 18.5 Å². The van der Waals surface area contributed by atoms with Crippen LogP contribution in [0.15, 0.2) is 52.3 Å². The van der Waals surface area contributed by atoms with E-state index in [1.54, 1.807) is 24.3 Å². The second-order valence-corrected chi connectivity index (χ2v) is 12.3. The number of amides is 1. The van der Waals surface area contributed by atoms with Crippen LogP contribution in [0.4, 0.5) is 5.69 Å². The molecule has 2 aliphatic carbocycles. The molecule has 2 heterocycles. The van der Waals surface area contributed by atoms with Gasteiger partial charge in [0.1, 0.15) is 0 Å². The lowest BCUT2D eigenvalue weighted by molar-refractivity contribution is -0.118. The van der Waals surface area contributed by atoms with Crippen molar-refractivity contribution in [2.24, 2.45) is 17.8 Å². The van der Waals surface area contributed by atoms with E-state index in [0.717, 1.165) is 21.4 Å². The number of thioether (sulfide) groups is 1. The molecule has 36 heavy (non-hydrogen) atoms. The summed E-state index contributed by atoms with van der Waals surface area (Å²) in [7, 11) is 0. The lowest BCUT2D eigenvalue weighted by Gasteiger charge is -2.40. The van der Waals surface area contributed by atoms with Gasteiger partial charge >= 0.3 is 4.87 Å². The zero-order valence-corrected chi connectivity index (χ0v) is 22.2. The summed E-state index contributed by atoms with van der Waals surface area (Å²) < 4.78 is 11.8. The molecule has 2 fully saturated rings. The van der Waals surface area contributed by atoms with Crippen LogP contribution in [0.5, 0.6) is 11.5 Å². The number of aromatic amines is 1. The Bertz CT molecular complexity index is 1340. The molecule has 4 unspecified atom stereocenters. The maximum absolute atomic E-state index is 12.4. The molecule has 2 aromatic carbocycles. The van der Waals surface area contributed by atoms with E-state index in [9.17, 15) is 9.59 Å². The first-order valence-corrected chi connectivity index (χ1v) is 14.4. The van der Waals surface area contributed by atoms with Gasteiger partial charge in [-0.15, -0.1) is 11.8 Å². The Morgan fingerprint density at radius 2 is 1.92 bits per heavy atom. The molecule has 6 rings (SSSR count). The highest BCUT2D eigenvalue weighted by molar-refractivity contribution is 8.00. The highest BCUT2D eigenvalue weighted by atomic mass is 35.5. The zero-order chi connectivity index (χ0) is 24.8. The lowest BCUT2D eigenvalue weighted by atomic mass is 9.75. The summed E-state index contributed by atoms with van der Waals surface area (Å²) in [4.78, 5) is 29.0. The highest BCUT2D eigenvalue weighted by Gasteiger charge is 2.54. The van der Waals surface area contributed by atoms with E-state index < -0.39 is 0 Å². The fourth-order valence-electron chi connectivity index (χ4n) is 6.20. The maximum atomic E-state index is 12.4. The number of hydrogen-bond acceptors (Lipinski definition) is 6. The van der Waals surface area contributed by atoms with Gasteiger partial charge in [0.2, 0.25) is 0 Å². The monoisotopic (exact) mass is 542 g/mol. The summed E-state index contributed by atoms with van der Waals surface area (Å²) in [6, 6.07) is 13.0. The van der Waals surface area contributed by atoms with Gasteiger partial charge in [0, 0.05) is 26.8 Å². The number of fused-ring (bicyclic) bond motifs is 6. The molecule has 2 bridgehead atoms. The van der Waals surface area contributed by atoms with Gasteiger partial charge in [-0.1, -0.05) is 29.0 Å². The second-order valence-electron chi connectivity index (χ2n) is 9.66. The van der Waals surface area contributed by atoms with Gasteiger partial charge < -0.3 is 19.8 Å². The number of benzene rings is 2. The highest BCUT2D eigenvalue weighted by Crippen LogP contribution is 2.63. The number of hydrogen-bond donors (Lipinski definition) is 2. The van der Waals surface area contributed by atoms with E-state index in [1.807, 2.05) is 30.8 Å². The minimum absolute atomic E-state index is 0.0153. The molecule has 1 aliphatic heterocycles. The molecule has 6 nitrogen and oxygen atoms in total. The van der Waals surface area contributed by atoms with Crippen LogP contribution in [-0.4, -0.2) is 29.4 Å². The van der Waals surface area contributed by atoms with Crippen LogP contribution in [0.25, 0.3) is 0 Å². The van der Waals surface area contributed by atoms with Crippen LogP contribution in [-0.2, 0) is 4.79 Å². The molecular formula is C27H27ClN2O4S2. The maximum Gasteiger partial charge on any atom is 0.305 e. The van der Waals surface area contributed by atoms with E-state index in [2.05, 4.69) is 16.4 Å². The number of carbonyl (C=O) groups is 1. The van der Waals surface area contributed by atoms with Gasteiger partial charge in [-0.25, -0.2) is 0 Å². The predicted octanol–water partition coefficient (Wildman–Crippen LogP) is 6.16. The first-order chi connectivity index (χ1) is 17.5. The summed E-state index contributed by atoms with van der Waals surface area (Å²) in [5.41, 5.74) is 1.81. The van der Waals surface area contributed by atoms with Crippen LogP contribution in [0.1, 0.15) is 42.5 Å². The van der Waals surface area contributed by atoms with E-state index in [1.165, 1.54) is 30.6 Å².